The van der Waals surface area contributed by atoms with Crippen LogP contribution in [-0.2, 0) is 37.1 Å². The van der Waals surface area contributed by atoms with E-state index in [4.69, 9.17) is 14.8 Å². The largest absolute Gasteiger partial charge is 0.490 e. The highest BCUT2D eigenvalue weighted by atomic mass is 19.1. The van der Waals surface area contributed by atoms with E-state index in [9.17, 15) is 14.3 Å². The lowest BCUT2D eigenvalue weighted by Crippen LogP contribution is -2.30. The Morgan fingerprint density at radius 3 is 2.34 bits per heavy atom. The molecule has 0 saturated carbocycles. The summed E-state index contributed by atoms with van der Waals surface area (Å²) in [4.78, 5) is 19.1. The van der Waals surface area contributed by atoms with Crippen LogP contribution in [0.5, 0.6) is 5.75 Å². The Morgan fingerprint density at radius 1 is 0.915 bits per heavy atom. The number of rotatable bonds is 6. The van der Waals surface area contributed by atoms with Crippen molar-refractivity contribution >= 4 is 5.97 Å². The predicted molar refractivity (Wildman–Crippen MR) is 181 cm³/mol. The lowest BCUT2D eigenvalue weighted by molar-refractivity contribution is -0.136. The van der Waals surface area contributed by atoms with E-state index < -0.39 is 17.4 Å². The summed E-state index contributed by atoms with van der Waals surface area (Å²) in [5.41, 5.74) is 9.98. The van der Waals surface area contributed by atoms with E-state index in [1.165, 1.54) is 23.3 Å². The Labute approximate surface area is 276 Å². The second-order valence-corrected chi connectivity index (χ2v) is 13.7. The van der Waals surface area contributed by atoms with E-state index in [-0.39, 0.29) is 12.2 Å². The van der Waals surface area contributed by atoms with Crippen LogP contribution >= 0.6 is 0 Å². The van der Waals surface area contributed by atoms with Crippen LogP contribution in [0.2, 0.25) is 0 Å². The van der Waals surface area contributed by atoms with Crippen molar-refractivity contribution < 1.29 is 28.5 Å². The van der Waals surface area contributed by atoms with Crippen molar-refractivity contribution in [1.82, 2.24) is 9.88 Å². The number of ether oxygens (including phenoxy) is 1. The van der Waals surface area contributed by atoms with Crippen molar-refractivity contribution in [1.29, 1.82) is 0 Å². The molecule has 8 heteroatoms. The molecule has 3 heterocycles. The number of nitrogens with zero attached hydrogens (tertiary/aromatic N) is 2. The molecule has 0 amide bonds. The van der Waals surface area contributed by atoms with Crippen molar-refractivity contribution in [2.24, 2.45) is 0 Å². The predicted octanol–water partition coefficient (Wildman–Crippen LogP) is 7.91. The van der Waals surface area contributed by atoms with Gasteiger partial charge in [-0.3, -0.25) is 14.7 Å². The zero-order chi connectivity index (χ0) is 34.0. The maximum absolute atomic E-state index is 15.3. The summed E-state index contributed by atoms with van der Waals surface area (Å²) in [5.74, 6) is -1.31. The molecule has 0 unspecified atom stereocenters. The molecule has 4 aromatic rings. The first-order chi connectivity index (χ1) is 22.2. The Morgan fingerprint density at radius 2 is 1.64 bits per heavy atom. The van der Waals surface area contributed by atoms with Crippen molar-refractivity contribution in [2.75, 3.05) is 13.2 Å². The van der Waals surface area contributed by atoms with Gasteiger partial charge >= 0.3 is 5.97 Å². The Bertz CT molecular complexity index is 1810. The van der Waals surface area contributed by atoms with Crippen molar-refractivity contribution in [3.8, 4) is 28.0 Å². The summed E-state index contributed by atoms with van der Waals surface area (Å²) in [6, 6.07) is 14.8. The third-order valence-electron chi connectivity index (χ3n) is 8.54. The quantitative estimate of drug-likeness (QED) is 0.223. The molecule has 2 aliphatic heterocycles. The standard InChI is InChI=1S/C35H34F2N2O3.C4H10O/c1-20-13-29(36)9-8-26(20)18-39-11-10-23-14-24(6-7-27(23)19-39)33-22(3)38-21(2)30(17-32(40)41)34(33)28-15-25-5-4-12-42-35(25)31(37)16-28;1-4(2,3)5/h6-9,13-16H,4-5,10-12,17-19H2,1-3H3,(H,40,41);5H,1-3H3. The lowest BCUT2D eigenvalue weighted by atomic mass is 9.85. The van der Waals surface area contributed by atoms with Gasteiger partial charge in [-0.15, -0.1) is 0 Å². The summed E-state index contributed by atoms with van der Waals surface area (Å²) in [6.45, 7) is 13.8. The van der Waals surface area contributed by atoms with Gasteiger partial charge in [0.2, 0.25) is 0 Å². The number of hydrogen-bond acceptors (Lipinski definition) is 5. The van der Waals surface area contributed by atoms with Gasteiger partial charge < -0.3 is 14.9 Å². The fourth-order valence-corrected chi connectivity index (χ4v) is 6.49. The van der Waals surface area contributed by atoms with Crippen LogP contribution in [0.3, 0.4) is 0 Å². The topological polar surface area (TPSA) is 82.9 Å². The SMILES string of the molecule is CC(C)(C)O.Cc1cc(F)ccc1CN1CCc2cc(-c3c(C)nc(C)c(CC(=O)O)c3-c3cc(F)c4c(c3)CCCO4)ccc2C1. The molecule has 3 aromatic carbocycles. The van der Waals surface area contributed by atoms with Crippen LogP contribution in [0, 0.1) is 32.4 Å². The highest BCUT2D eigenvalue weighted by Gasteiger charge is 2.25. The number of benzene rings is 3. The van der Waals surface area contributed by atoms with Crippen LogP contribution in [0.15, 0.2) is 48.5 Å². The lowest BCUT2D eigenvalue weighted by Gasteiger charge is -2.30. The molecule has 6 nitrogen and oxygen atoms in total. The second kappa shape index (κ2) is 13.9. The Balaban J connectivity index is 0.000000807. The van der Waals surface area contributed by atoms with Gasteiger partial charge in [0, 0.05) is 36.6 Å². The number of aryl methyl sites for hydroxylation is 4. The highest BCUT2D eigenvalue weighted by Crippen LogP contribution is 2.42. The minimum absolute atomic E-state index is 0.209. The number of hydrogen-bond donors (Lipinski definition) is 2. The van der Waals surface area contributed by atoms with Crippen molar-refractivity contribution in [3.63, 3.8) is 0 Å². The number of aromatic nitrogens is 1. The van der Waals surface area contributed by atoms with Gasteiger partial charge in [-0.25, -0.2) is 8.78 Å². The average Bonchev–Trinajstić information content (AvgIpc) is 2.98. The van der Waals surface area contributed by atoms with Crippen LogP contribution in [-0.4, -0.2) is 44.8 Å². The van der Waals surface area contributed by atoms with Crippen molar-refractivity contribution in [3.05, 3.63) is 105 Å². The van der Waals surface area contributed by atoms with Gasteiger partial charge in [0.1, 0.15) is 5.82 Å². The van der Waals surface area contributed by atoms with E-state index >= 15 is 4.39 Å². The zero-order valence-electron chi connectivity index (χ0n) is 28.1. The second-order valence-electron chi connectivity index (χ2n) is 13.7. The fraction of sp³-hybridized carbons (Fsp3) is 0.385. The van der Waals surface area contributed by atoms with E-state index in [0.717, 1.165) is 71.6 Å². The van der Waals surface area contributed by atoms with Gasteiger partial charge in [0.15, 0.2) is 11.6 Å². The summed E-state index contributed by atoms with van der Waals surface area (Å²) < 4.78 is 34.5. The van der Waals surface area contributed by atoms with Gasteiger partial charge in [-0.05, 0) is 135 Å². The molecule has 1 aromatic heterocycles. The minimum atomic E-state index is -0.959. The number of halogens is 2. The summed E-state index contributed by atoms with van der Waals surface area (Å²) >= 11 is 0. The van der Waals surface area contributed by atoms with E-state index in [2.05, 4.69) is 23.1 Å². The molecule has 2 aliphatic rings. The third-order valence-corrected chi connectivity index (χ3v) is 8.54. The summed E-state index contributed by atoms with van der Waals surface area (Å²) in [6.07, 6.45) is 2.16. The van der Waals surface area contributed by atoms with Gasteiger partial charge in [0.05, 0.1) is 18.6 Å². The molecule has 0 saturated heterocycles. The number of aliphatic hydroxyl groups is 1. The first-order valence-corrected chi connectivity index (χ1v) is 16.2. The number of carbonyl (C=O) groups is 1. The fourth-order valence-electron chi connectivity index (χ4n) is 6.49. The van der Waals surface area contributed by atoms with Crippen LogP contribution in [0.4, 0.5) is 8.78 Å². The highest BCUT2D eigenvalue weighted by molar-refractivity contribution is 5.90. The maximum atomic E-state index is 15.3. The van der Waals surface area contributed by atoms with Crippen LogP contribution in [0.25, 0.3) is 22.3 Å². The van der Waals surface area contributed by atoms with Crippen LogP contribution in [0.1, 0.15) is 72.0 Å². The molecule has 0 bridgehead atoms. The first-order valence-electron chi connectivity index (χ1n) is 16.2. The zero-order valence-corrected chi connectivity index (χ0v) is 28.1. The van der Waals surface area contributed by atoms with E-state index in [1.807, 2.05) is 32.9 Å². The normalized spacial score (nSPS) is 14.4. The molecule has 0 atom stereocenters. The number of fused-ring (bicyclic) bond motifs is 2. The monoisotopic (exact) mass is 642 g/mol. The smallest absolute Gasteiger partial charge is 0.307 e. The molecular weight excluding hydrogens is 598 g/mol. The minimum Gasteiger partial charge on any atom is -0.490 e. The van der Waals surface area contributed by atoms with Crippen molar-refractivity contribution in [2.45, 2.75) is 85.9 Å². The summed E-state index contributed by atoms with van der Waals surface area (Å²) in [7, 11) is 0. The Kier molecular flexibility index (Phi) is 10.1. The Hall–Kier alpha value is -4.14. The molecule has 0 aliphatic carbocycles. The summed E-state index contributed by atoms with van der Waals surface area (Å²) in [5, 5.41) is 18.3. The molecule has 6 rings (SSSR count). The van der Waals surface area contributed by atoms with Crippen LogP contribution < -0.4 is 4.74 Å². The maximum Gasteiger partial charge on any atom is 0.307 e. The van der Waals surface area contributed by atoms with Gasteiger partial charge in [-0.1, -0.05) is 24.3 Å². The number of pyridine rings is 1. The van der Waals surface area contributed by atoms with Gasteiger partial charge in [-0.2, -0.15) is 0 Å². The third kappa shape index (κ3) is 8.24. The molecule has 0 fully saturated rings. The van der Waals surface area contributed by atoms with Gasteiger partial charge in [0.25, 0.3) is 0 Å². The first kappa shape index (κ1) is 34.2. The van der Waals surface area contributed by atoms with E-state index in [1.54, 1.807) is 26.8 Å². The molecular formula is C39H44F2N2O4. The molecule has 0 spiro atoms. The van der Waals surface area contributed by atoms with E-state index in [0.29, 0.717) is 35.6 Å². The molecule has 248 valence electrons. The average molecular weight is 643 g/mol. The number of carboxylic acid groups (broad SMARTS) is 1. The molecule has 0 radical (unpaired) electrons. The number of aliphatic carboxylic acids is 1. The molecule has 2 N–H and O–H groups in total. The number of carboxylic acids is 1. The molecule has 47 heavy (non-hydrogen) atoms.